The second-order valence-corrected chi connectivity index (χ2v) is 7.34. The largest absolute Gasteiger partial charge is 0.481 e. The minimum Gasteiger partial charge on any atom is -0.481 e. The quantitative estimate of drug-likeness (QED) is 0.696. The van der Waals surface area contributed by atoms with E-state index in [1.807, 2.05) is 0 Å². The van der Waals surface area contributed by atoms with Gasteiger partial charge in [0.05, 0.1) is 12.0 Å². The summed E-state index contributed by atoms with van der Waals surface area (Å²) in [7, 11) is 0. The molecule has 1 unspecified atom stereocenters. The molecule has 1 amide bonds. The number of nitrogens with two attached hydrogens (primary N) is 1. The molecule has 5 heteroatoms. The molecular weight excluding hydrogens is 256 g/mol. The average Bonchev–Trinajstić information content (AvgIpc) is 2.60. The topological polar surface area (TPSA) is 92.4 Å². The number of carboxylic acids is 1. The fourth-order valence-electron chi connectivity index (χ4n) is 3.13. The van der Waals surface area contributed by atoms with Crippen LogP contribution in [0.1, 0.15) is 65.7 Å². The summed E-state index contributed by atoms with van der Waals surface area (Å²) in [5.74, 6) is -0.976. The van der Waals surface area contributed by atoms with Gasteiger partial charge in [0.15, 0.2) is 0 Å². The van der Waals surface area contributed by atoms with Crippen LogP contribution in [0.3, 0.4) is 0 Å². The minimum atomic E-state index is -0.855. The van der Waals surface area contributed by atoms with Gasteiger partial charge >= 0.3 is 5.97 Å². The molecule has 1 aliphatic carbocycles. The van der Waals surface area contributed by atoms with E-state index in [0.29, 0.717) is 0 Å². The zero-order valence-electron chi connectivity index (χ0n) is 12.9. The standard InChI is InChI=1S/C15H28N2O3/c1-14(2,3)9-11(16)8-12(18)17-15(10-13(19)20)6-4-5-7-15/h11H,4-10,16H2,1-3H3,(H,17,18)(H,19,20). The molecule has 1 saturated carbocycles. The van der Waals surface area contributed by atoms with Crippen LogP contribution in [-0.2, 0) is 9.59 Å². The Labute approximate surface area is 121 Å². The van der Waals surface area contributed by atoms with Crippen molar-refractivity contribution >= 4 is 11.9 Å². The highest BCUT2D eigenvalue weighted by Gasteiger charge is 2.37. The molecule has 1 atom stereocenters. The maximum Gasteiger partial charge on any atom is 0.305 e. The Balaban J connectivity index is 2.52. The van der Waals surface area contributed by atoms with E-state index in [2.05, 4.69) is 26.1 Å². The smallest absolute Gasteiger partial charge is 0.305 e. The van der Waals surface area contributed by atoms with Crippen LogP contribution in [0.15, 0.2) is 0 Å². The summed E-state index contributed by atoms with van der Waals surface area (Å²) in [4.78, 5) is 23.1. The van der Waals surface area contributed by atoms with Crippen LogP contribution in [0.5, 0.6) is 0 Å². The second kappa shape index (κ2) is 6.57. The molecule has 0 heterocycles. The lowest BCUT2D eigenvalue weighted by molar-refractivity contribution is -0.139. The first-order valence-corrected chi connectivity index (χ1v) is 7.40. The molecule has 20 heavy (non-hydrogen) atoms. The van der Waals surface area contributed by atoms with Crippen LogP contribution in [0.25, 0.3) is 0 Å². The summed E-state index contributed by atoms with van der Waals surface area (Å²) in [5, 5.41) is 12.0. The van der Waals surface area contributed by atoms with Crippen LogP contribution < -0.4 is 11.1 Å². The van der Waals surface area contributed by atoms with Crippen molar-refractivity contribution in [3.63, 3.8) is 0 Å². The van der Waals surface area contributed by atoms with Crippen LogP contribution in [0, 0.1) is 5.41 Å². The summed E-state index contributed by atoms with van der Waals surface area (Å²) < 4.78 is 0. The molecule has 116 valence electrons. The molecule has 0 aromatic heterocycles. The zero-order chi connectivity index (χ0) is 15.4. The van der Waals surface area contributed by atoms with Crippen molar-refractivity contribution < 1.29 is 14.7 Å². The van der Waals surface area contributed by atoms with Gasteiger partial charge in [0, 0.05) is 12.5 Å². The summed E-state index contributed by atoms with van der Waals surface area (Å²) in [6, 6.07) is -0.182. The van der Waals surface area contributed by atoms with Gasteiger partial charge in [-0.1, -0.05) is 33.6 Å². The van der Waals surface area contributed by atoms with E-state index in [4.69, 9.17) is 10.8 Å². The average molecular weight is 284 g/mol. The lowest BCUT2D eigenvalue weighted by Gasteiger charge is -2.30. The number of carbonyl (C=O) groups excluding carboxylic acids is 1. The molecular formula is C15H28N2O3. The number of carbonyl (C=O) groups is 2. The molecule has 0 bridgehead atoms. The van der Waals surface area contributed by atoms with Gasteiger partial charge in [0.25, 0.3) is 0 Å². The van der Waals surface area contributed by atoms with Crippen molar-refractivity contribution in [1.82, 2.24) is 5.32 Å². The van der Waals surface area contributed by atoms with Crippen molar-refractivity contribution in [3.8, 4) is 0 Å². The van der Waals surface area contributed by atoms with Crippen molar-refractivity contribution in [3.05, 3.63) is 0 Å². The number of nitrogens with one attached hydrogen (secondary N) is 1. The van der Waals surface area contributed by atoms with Crippen molar-refractivity contribution in [1.29, 1.82) is 0 Å². The Hall–Kier alpha value is -1.10. The number of hydrogen-bond donors (Lipinski definition) is 3. The Morgan fingerprint density at radius 2 is 1.85 bits per heavy atom. The van der Waals surface area contributed by atoms with E-state index in [1.165, 1.54) is 0 Å². The molecule has 0 saturated heterocycles. The van der Waals surface area contributed by atoms with E-state index in [1.54, 1.807) is 0 Å². The Morgan fingerprint density at radius 1 is 1.30 bits per heavy atom. The van der Waals surface area contributed by atoms with Gasteiger partial charge in [0.2, 0.25) is 5.91 Å². The minimum absolute atomic E-state index is 0.00719. The first kappa shape index (κ1) is 17.0. The lowest BCUT2D eigenvalue weighted by Crippen LogP contribution is -2.49. The van der Waals surface area contributed by atoms with Crippen LogP contribution in [0.2, 0.25) is 0 Å². The monoisotopic (exact) mass is 284 g/mol. The summed E-state index contributed by atoms with van der Waals surface area (Å²) in [6.07, 6.45) is 4.49. The third-order valence-corrected chi connectivity index (χ3v) is 3.78. The molecule has 0 aliphatic heterocycles. The molecule has 0 radical (unpaired) electrons. The maximum absolute atomic E-state index is 12.1. The lowest BCUT2D eigenvalue weighted by atomic mass is 9.87. The fourth-order valence-corrected chi connectivity index (χ4v) is 3.13. The number of carboxylic acid groups (broad SMARTS) is 1. The highest BCUT2D eigenvalue weighted by molar-refractivity contribution is 5.79. The van der Waals surface area contributed by atoms with Gasteiger partial charge in [-0.2, -0.15) is 0 Å². The summed E-state index contributed by atoms with van der Waals surface area (Å²) >= 11 is 0. The molecule has 1 fully saturated rings. The van der Waals surface area contributed by atoms with Crippen molar-refractivity contribution in [2.75, 3.05) is 0 Å². The summed E-state index contributed by atoms with van der Waals surface area (Å²) in [6.45, 7) is 6.27. The summed E-state index contributed by atoms with van der Waals surface area (Å²) in [5.41, 5.74) is 5.54. The predicted molar refractivity (Wildman–Crippen MR) is 78.3 cm³/mol. The molecule has 0 spiro atoms. The molecule has 1 aliphatic rings. The highest BCUT2D eigenvalue weighted by Crippen LogP contribution is 2.33. The molecule has 4 N–H and O–H groups in total. The van der Waals surface area contributed by atoms with E-state index >= 15 is 0 Å². The van der Waals surface area contributed by atoms with Crippen molar-refractivity contribution in [2.45, 2.75) is 77.3 Å². The number of aliphatic carboxylic acids is 1. The Bertz CT molecular complexity index is 355. The van der Waals surface area contributed by atoms with Crippen LogP contribution >= 0.6 is 0 Å². The normalized spacial score (nSPS) is 19.6. The Kier molecular flexibility index (Phi) is 5.57. The molecule has 1 rings (SSSR count). The number of rotatable bonds is 6. The highest BCUT2D eigenvalue weighted by atomic mass is 16.4. The predicted octanol–water partition coefficient (Wildman–Crippen LogP) is 2.04. The third kappa shape index (κ3) is 5.90. The van der Waals surface area contributed by atoms with Crippen LogP contribution in [0.4, 0.5) is 0 Å². The SMILES string of the molecule is CC(C)(C)CC(N)CC(=O)NC1(CC(=O)O)CCCC1. The second-order valence-electron chi connectivity index (χ2n) is 7.34. The van der Waals surface area contributed by atoms with Gasteiger partial charge < -0.3 is 16.2 Å². The number of hydrogen-bond acceptors (Lipinski definition) is 3. The van der Waals surface area contributed by atoms with Gasteiger partial charge in [0.1, 0.15) is 0 Å². The molecule has 0 aromatic carbocycles. The first-order chi connectivity index (χ1) is 9.12. The first-order valence-electron chi connectivity index (χ1n) is 7.40. The zero-order valence-corrected chi connectivity index (χ0v) is 12.9. The van der Waals surface area contributed by atoms with E-state index in [9.17, 15) is 9.59 Å². The third-order valence-electron chi connectivity index (χ3n) is 3.78. The van der Waals surface area contributed by atoms with E-state index in [0.717, 1.165) is 32.1 Å². The van der Waals surface area contributed by atoms with Gasteiger partial charge in [-0.05, 0) is 24.7 Å². The maximum atomic E-state index is 12.1. The fraction of sp³-hybridized carbons (Fsp3) is 0.867. The van der Waals surface area contributed by atoms with Gasteiger partial charge in [-0.15, -0.1) is 0 Å². The van der Waals surface area contributed by atoms with E-state index in [-0.39, 0.29) is 30.2 Å². The molecule has 5 nitrogen and oxygen atoms in total. The molecule has 0 aromatic rings. The van der Waals surface area contributed by atoms with Gasteiger partial charge in [-0.25, -0.2) is 0 Å². The van der Waals surface area contributed by atoms with Gasteiger partial charge in [-0.3, -0.25) is 9.59 Å². The van der Waals surface area contributed by atoms with E-state index < -0.39 is 11.5 Å². The van der Waals surface area contributed by atoms with Crippen molar-refractivity contribution in [2.24, 2.45) is 11.1 Å². The Morgan fingerprint density at radius 3 is 2.30 bits per heavy atom. The van der Waals surface area contributed by atoms with Crippen LogP contribution in [-0.4, -0.2) is 28.6 Å². The number of amides is 1.